The summed E-state index contributed by atoms with van der Waals surface area (Å²) in [5.74, 6) is 0.229. The van der Waals surface area contributed by atoms with Gasteiger partial charge in [-0.2, -0.15) is 0 Å². The summed E-state index contributed by atoms with van der Waals surface area (Å²) in [6.45, 7) is 4.07. The van der Waals surface area contributed by atoms with E-state index in [0.717, 1.165) is 19.3 Å². The summed E-state index contributed by atoms with van der Waals surface area (Å²) in [7, 11) is 0. The van der Waals surface area contributed by atoms with Gasteiger partial charge < -0.3 is 9.53 Å². The molecule has 0 aromatic rings. The van der Waals surface area contributed by atoms with E-state index in [1.54, 1.807) is 6.92 Å². The maximum absolute atomic E-state index is 10.5. The van der Waals surface area contributed by atoms with E-state index in [9.17, 15) is 9.59 Å². The van der Waals surface area contributed by atoms with E-state index in [1.165, 1.54) is 0 Å². The molecule has 1 aliphatic heterocycles. The number of ether oxygens (including phenoxy) is 1. The van der Waals surface area contributed by atoms with Crippen LogP contribution in [0.2, 0.25) is 0 Å². The quantitative estimate of drug-likeness (QED) is 0.589. The summed E-state index contributed by atoms with van der Waals surface area (Å²) < 4.78 is 4.76. The first-order valence-electron chi connectivity index (χ1n) is 4.82. The minimum atomic E-state index is -0.0255. The van der Waals surface area contributed by atoms with E-state index in [4.69, 9.17) is 4.74 Å². The molecule has 0 N–H and O–H groups in total. The van der Waals surface area contributed by atoms with Crippen molar-refractivity contribution < 1.29 is 14.3 Å². The van der Waals surface area contributed by atoms with Gasteiger partial charge in [-0.3, -0.25) is 4.79 Å². The molecule has 1 fully saturated rings. The molecule has 0 spiro atoms. The third-order valence-corrected chi connectivity index (χ3v) is 1.79. The van der Waals surface area contributed by atoms with Crippen molar-refractivity contribution in [3.05, 3.63) is 0 Å². The fourth-order valence-corrected chi connectivity index (χ4v) is 0.806. The maximum atomic E-state index is 10.5. The lowest BCUT2D eigenvalue weighted by molar-refractivity contribution is -0.142. The van der Waals surface area contributed by atoms with E-state index >= 15 is 0 Å². The summed E-state index contributed by atoms with van der Waals surface area (Å²) in [6, 6.07) is 0. The van der Waals surface area contributed by atoms with E-state index in [0.29, 0.717) is 19.4 Å². The van der Waals surface area contributed by atoms with Gasteiger partial charge in [0.05, 0.1) is 6.61 Å². The predicted octanol–water partition coefficient (Wildman–Crippen LogP) is 2.09. The second-order valence-electron chi connectivity index (χ2n) is 3.09. The second-order valence-corrected chi connectivity index (χ2v) is 3.09. The molecule has 13 heavy (non-hydrogen) atoms. The highest BCUT2D eigenvalue weighted by atomic mass is 16.5. The van der Waals surface area contributed by atoms with Crippen LogP contribution in [0, 0.1) is 0 Å². The van der Waals surface area contributed by atoms with E-state index < -0.39 is 0 Å². The van der Waals surface area contributed by atoms with Crippen molar-refractivity contribution in [1.82, 2.24) is 0 Å². The molecule has 3 nitrogen and oxygen atoms in total. The summed E-state index contributed by atoms with van der Waals surface area (Å²) in [6.07, 6.45) is 4.50. The Morgan fingerprint density at radius 2 is 2.00 bits per heavy atom. The number of hydrogen-bond acceptors (Lipinski definition) is 3. The molecule has 1 rings (SSSR count). The molecule has 3 heteroatoms. The molecule has 0 aromatic carbocycles. The number of ketones is 1. The Hall–Kier alpha value is -0.860. The average molecular weight is 186 g/mol. The third-order valence-electron chi connectivity index (χ3n) is 1.79. The number of hydrogen-bond donors (Lipinski definition) is 0. The van der Waals surface area contributed by atoms with Gasteiger partial charge in [-0.15, -0.1) is 0 Å². The van der Waals surface area contributed by atoms with Crippen LogP contribution < -0.4 is 0 Å². The second kappa shape index (κ2) is 7.77. The molecule has 76 valence electrons. The number of cyclic esters (lactones) is 1. The molecule has 0 atom stereocenters. The number of Topliss-reactive ketones (excluding diaryl/α,β-unsaturated/α-hetero) is 1. The van der Waals surface area contributed by atoms with Crippen molar-refractivity contribution in [1.29, 1.82) is 0 Å². The molecule has 0 amide bonds. The summed E-state index contributed by atoms with van der Waals surface area (Å²) in [5.41, 5.74) is 0. The molecule has 1 aliphatic rings. The van der Waals surface area contributed by atoms with Crippen molar-refractivity contribution >= 4 is 11.8 Å². The standard InChI is InChI=1S/C6H10O2.C4H8O/c7-6-4-2-1-3-5-8-6;1-3-4(2)5/h1-5H2;3H2,1-2H3. The first kappa shape index (κ1) is 12.1. The van der Waals surface area contributed by atoms with Gasteiger partial charge in [-0.1, -0.05) is 6.92 Å². The Labute approximate surface area is 79.5 Å². The zero-order valence-electron chi connectivity index (χ0n) is 8.47. The Bertz CT molecular complexity index is 154. The fourth-order valence-electron chi connectivity index (χ4n) is 0.806. The molecular formula is C10H18O3. The van der Waals surface area contributed by atoms with Crippen LogP contribution in [0.4, 0.5) is 0 Å². The van der Waals surface area contributed by atoms with Crippen LogP contribution in [0.25, 0.3) is 0 Å². The van der Waals surface area contributed by atoms with E-state index in [1.807, 2.05) is 6.92 Å². The van der Waals surface area contributed by atoms with Gasteiger partial charge >= 0.3 is 5.97 Å². The lowest BCUT2D eigenvalue weighted by atomic mass is 10.2. The molecular weight excluding hydrogens is 168 g/mol. The molecule has 0 aliphatic carbocycles. The normalized spacial score (nSPS) is 16.3. The number of esters is 1. The lowest BCUT2D eigenvalue weighted by Gasteiger charge is -1.93. The molecule has 0 saturated carbocycles. The maximum Gasteiger partial charge on any atom is 0.305 e. The van der Waals surface area contributed by atoms with Crippen LogP contribution in [-0.2, 0) is 14.3 Å². The topological polar surface area (TPSA) is 43.4 Å². The van der Waals surface area contributed by atoms with Crippen LogP contribution in [0.1, 0.15) is 46.0 Å². The van der Waals surface area contributed by atoms with Crippen LogP contribution in [0.15, 0.2) is 0 Å². The first-order valence-corrected chi connectivity index (χ1v) is 4.82. The zero-order valence-corrected chi connectivity index (χ0v) is 8.47. The average Bonchev–Trinajstić information content (AvgIpc) is 2.33. The first-order chi connectivity index (χ1) is 6.16. The smallest absolute Gasteiger partial charge is 0.305 e. The van der Waals surface area contributed by atoms with Gasteiger partial charge in [0.1, 0.15) is 5.78 Å². The minimum absolute atomic E-state index is 0.0255. The number of rotatable bonds is 1. The van der Waals surface area contributed by atoms with Gasteiger partial charge in [0, 0.05) is 12.8 Å². The van der Waals surface area contributed by atoms with Crippen molar-refractivity contribution in [2.24, 2.45) is 0 Å². The zero-order chi connectivity index (χ0) is 10.1. The molecule has 0 aromatic heterocycles. The number of carbonyl (C=O) groups excluding carboxylic acids is 2. The van der Waals surface area contributed by atoms with Gasteiger partial charge in [-0.05, 0) is 26.2 Å². The fraction of sp³-hybridized carbons (Fsp3) is 0.800. The number of carbonyl (C=O) groups is 2. The van der Waals surface area contributed by atoms with Crippen LogP contribution in [0.5, 0.6) is 0 Å². The molecule has 1 saturated heterocycles. The largest absolute Gasteiger partial charge is 0.466 e. The molecule has 0 bridgehead atoms. The molecule has 1 heterocycles. The van der Waals surface area contributed by atoms with Crippen LogP contribution >= 0.6 is 0 Å². The summed E-state index contributed by atoms with van der Waals surface area (Å²) >= 11 is 0. The Morgan fingerprint density at radius 1 is 1.38 bits per heavy atom. The van der Waals surface area contributed by atoms with Crippen LogP contribution in [0.3, 0.4) is 0 Å². The monoisotopic (exact) mass is 186 g/mol. The van der Waals surface area contributed by atoms with Crippen molar-refractivity contribution in [3.63, 3.8) is 0 Å². The summed E-state index contributed by atoms with van der Waals surface area (Å²) in [4.78, 5) is 20.3. The van der Waals surface area contributed by atoms with Crippen molar-refractivity contribution in [2.75, 3.05) is 6.61 Å². The van der Waals surface area contributed by atoms with Gasteiger partial charge in [0.2, 0.25) is 0 Å². The summed E-state index contributed by atoms with van der Waals surface area (Å²) in [5, 5.41) is 0. The Balaban J connectivity index is 0.000000252. The molecule has 0 radical (unpaired) electrons. The van der Waals surface area contributed by atoms with E-state index in [2.05, 4.69) is 0 Å². The van der Waals surface area contributed by atoms with Crippen LogP contribution in [-0.4, -0.2) is 18.4 Å². The van der Waals surface area contributed by atoms with Crippen molar-refractivity contribution in [3.8, 4) is 0 Å². The Morgan fingerprint density at radius 3 is 2.54 bits per heavy atom. The predicted molar refractivity (Wildman–Crippen MR) is 50.4 cm³/mol. The van der Waals surface area contributed by atoms with Gasteiger partial charge in [0.25, 0.3) is 0 Å². The Kier molecular flexibility index (Phi) is 7.26. The van der Waals surface area contributed by atoms with E-state index in [-0.39, 0.29) is 11.8 Å². The highest BCUT2D eigenvalue weighted by molar-refractivity contribution is 5.74. The molecule has 0 unspecified atom stereocenters. The lowest BCUT2D eigenvalue weighted by Crippen LogP contribution is -2.00. The van der Waals surface area contributed by atoms with Gasteiger partial charge in [0.15, 0.2) is 0 Å². The van der Waals surface area contributed by atoms with Crippen molar-refractivity contribution in [2.45, 2.75) is 46.0 Å². The minimum Gasteiger partial charge on any atom is -0.466 e. The van der Waals surface area contributed by atoms with Gasteiger partial charge in [-0.25, -0.2) is 0 Å². The third kappa shape index (κ3) is 9.05. The highest BCUT2D eigenvalue weighted by Gasteiger charge is 2.05. The SMILES string of the molecule is CCC(C)=O.O=C1CCCCCO1. The highest BCUT2D eigenvalue weighted by Crippen LogP contribution is 2.06.